The largest absolute Gasteiger partial charge is 0.483 e. The van der Waals surface area contributed by atoms with Gasteiger partial charge in [-0.3, -0.25) is 9.59 Å². The molecule has 0 unspecified atom stereocenters. The van der Waals surface area contributed by atoms with Crippen LogP contribution in [0.5, 0.6) is 5.75 Å². The van der Waals surface area contributed by atoms with Crippen LogP contribution in [-0.2, 0) is 11.3 Å². The fourth-order valence-electron chi connectivity index (χ4n) is 3.59. The Balaban J connectivity index is 1.78. The minimum Gasteiger partial charge on any atom is -0.483 e. The maximum absolute atomic E-state index is 12.5. The van der Waals surface area contributed by atoms with E-state index in [0.29, 0.717) is 30.3 Å². The lowest BCUT2D eigenvalue weighted by Gasteiger charge is -2.21. The summed E-state index contributed by atoms with van der Waals surface area (Å²) < 4.78 is 5.94. The van der Waals surface area contributed by atoms with E-state index in [1.807, 2.05) is 69.3 Å². The van der Waals surface area contributed by atoms with Gasteiger partial charge in [0, 0.05) is 35.4 Å². The Morgan fingerprint density at radius 3 is 2.47 bits per heavy atom. The number of hydrogen-bond donors (Lipinski definition) is 3. The number of ether oxygens (including phenoxy) is 1. The number of anilines is 1. The summed E-state index contributed by atoms with van der Waals surface area (Å²) in [5.74, 6) is 0.790. The molecule has 6 heteroatoms. The first kappa shape index (κ1) is 25.1. The first-order valence-electron chi connectivity index (χ1n) is 11.7. The highest BCUT2D eigenvalue weighted by Gasteiger charge is 2.16. The van der Waals surface area contributed by atoms with Gasteiger partial charge < -0.3 is 20.7 Å². The van der Waals surface area contributed by atoms with Gasteiger partial charge in [0.1, 0.15) is 5.75 Å². The molecule has 3 N–H and O–H groups in total. The molecule has 34 heavy (non-hydrogen) atoms. The van der Waals surface area contributed by atoms with E-state index in [9.17, 15) is 9.59 Å². The molecular weight excluding hydrogens is 426 g/mol. The highest BCUT2D eigenvalue weighted by molar-refractivity contribution is 5.95. The number of amides is 2. The molecule has 6 nitrogen and oxygen atoms in total. The highest BCUT2D eigenvalue weighted by Crippen LogP contribution is 2.29. The van der Waals surface area contributed by atoms with Gasteiger partial charge in [-0.25, -0.2) is 0 Å². The Morgan fingerprint density at radius 2 is 1.74 bits per heavy atom. The van der Waals surface area contributed by atoms with E-state index in [4.69, 9.17) is 4.74 Å². The van der Waals surface area contributed by atoms with Crippen molar-refractivity contribution in [1.29, 1.82) is 0 Å². The molecule has 180 valence electrons. The number of hydrogen-bond acceptors (Lipinski definition) is 4. The fourth-order valence-corrected chi connectivity index (χ4v) is 3.59. The number of benzene rings is 3. The van der Waals surface area contributed by atoms with Crippen LogP contribution in [0.2, 0.25) is 0 Å². The number of rotatable bonds is 9. The lowest BCUT2D eigenvalue weighted by atomic mass is 10.0. The molecule has 3 rings (SSSR count). The highest BCUT2D eigenvalue weighted by atomic mass is 16.5. The summed E-state index contributed by atoms with van der Waals surface area (Å²) in [6, 6.07) is 19.4. The van der Waals surface area contributed by atoms with E-state index in [1.165, 1.54) is 0 Å². The molecule has 0 aromatic heterocycles. The Kier molecular flexibility index (Phi) is 8.16. The predicted octanol–water partition coefficient (Wildman–Crippen LogP) is 5.13. The lowest BCUT2D eigenvalue weighted by Crippen LogP contribution is -2.43. The van der Waals surface area contributed by atoms with Crippen LogP contribution in [0.15, 0.2) is 60.7 Å². The third-order valence-corrected chi connectivity index (χ3v) is 5.14. The van der Waals surface area contributed by atoms with Crippen molar-refractivity contribution in [3.05, 3.63) is 71.8 Å². The van der Waals surface area contributed by atoms with E-state index in [0.717, 1.165) is 22.0 Å². The van der Waals surface area contributed by atoms with Gasteiger partial charge in [-0.2, -0.15) is 0 Å². The zero-order chi connectivity index (χ0) is 24.7. The standard InChI is InChI=1S/C28H35N3O3/c1-19(2)16-30-27(33)21-10-8-11-22(15-21)29-17-24-23-12-7-6-9-20(23)13-14-25(24)34-18-26(32)31-28(3,4)5/h6-15,19,29H,16-18H2,1-5H3,(H,30,33)(H,31,32). The number of fused-ring (bicyclic) bond motifs is 1. The van der Waals surface area contributed by atoms with Gasteiger partial charge >= 0.3 is 0 Å². The van der Waals surface area contributed by atoms with Crippen molar-refractivity contribution in [2.75, 3.05) is 18.5 Å². The first-order chi connectivity index (χ1) is 16.1. The Labute approximate surface area is 202 Å². The molecule has 0 saturated heterocycles. The van der Waals surface area contributed by atoms with E-state index < -0.39 is 0 Å². The summed E-state index contributed by atoms with van der Waals surface area (Å²) >= 11 is 0. The zero-order valence-corrected chi connectivity index (χ0v) is 20.7. The molecule has 3 aromatic carbocycles. The maximum Gasteiger partial charge on any atom is 0.258 e. The van der Waals surface area contributed by atoms with Crippen LogP contribution in [0, 0.1) is 5.92 Å². The molecular formula is C28H35N3O3. The second-order valence-electron chi connectivity index (χ2n) is 9.89. The van der Waals surface area contributed by atoms with Crippen LogP contribution < -0.4 is 20.7 Å². The quantitative estimate of drug-likeness (QED) is 0.413. The second-order valence-corrected chi connectivity index (χ2v) is 9.89. The van der Waals surface area contributed by atoms with E-state index in [1.54, 1.807) is 6.07 Å². The molecule has 0 bridgehead atoms. The van der Waals surface area contributed by atoms with Gasteiger partial charge in [0.15, 0.2) is 6.61 Å². The van der Waals surface area contributed by atoms with Crippen LogP contribution in [0.25, 0.3) is 10.8 Å². The molecule has 0 aliphatic heterocycles. The molecule has 0 spiro atoms. The molecule has 2 amide bonds. The Morgan fingerprint density at radius 1 is 0.971 bits per heavy atom. The first-order valence-corrected chi connectivity index (χ1v) is 11.7. The fraction of sp³-hybridized carbons (Fsp3) is 0.357. The van der Waals surface area contributed by atoms with Crippen LogP contribution in [0.4, 0.5) is 5.69 Å². The third kappa shape index (κ3) is 7.24. The third-order valence-electron chi connectivity index (χ3n) is 5.14. The molecule has 0 radical (unpaired) electrons. The minimum absolute atomic E-state index is 0.0614. The summed E-state index contributed by atoms with van der Waals surface area (Å²) in [6.45, 7) is 11.0. The molecule has 0 heterocycles. The average Bonchev–Trinajstić information content (AvgIpc) is 2.79. The summed E-state index contributed by atoms with van der Waals surface area (Å²) in [7, 11) is 0. The van der Waals surface area contributed by atoms with Crippen LogP contribution >= 0.6 is 0 Å². The normalized spacial score (nSPS) is 11.4. The van der Waals surface area contributed by atoms with Gasteiger partial charge in [-0.1, -0.05) is 50.2 Å². The van der Waals surface area contributed by atoms with Crippen molar-refractivity contribution in [2.24, 2.45) is 5.92 Å². The van der Waals surface area contributed by atoms with Crippen LogP contribution in [-0.4, -0.2) is 30.5 Å². The number of nitrogens with one attached hydrogen (secondary N) is 3. The van der Waals surface area contributed by atoms with Crippen molar-refractivity contribution in [2.45, 2.75) is 46.7 Å². The summed E-state index contributed by atoms with van der Waals surface area (Å²) in [5.41, 5.74) is 2.08. The SMILES string of the molecule is CC(C)CNC(=O)c1cccc(NCc2c(OCC(=O)NC(C)(C)C)ccc3ccccc23)c1. The van der Waals surface area contributed by atoms with Gasteiger partial charge in [0.05, 0.1) is 0 Å². The molecule has 0 aliphatic carbocycles. The van der Waals surface area contributed by atoms with Crippen molar-refractivity contribution in [1.82, 2.24) is 10.6 Å². The van der Waals surface area contributed by atoms with Crippen molar-refractivity contribution in [3.8, 4) is 5.75 Å². The second kappa shape index (κ2) is 11.1. The topological polar surface area (TPSA) is 79.5 Å². The zero-order valence-electron chi connectivity index (χ0n) is 20.7. The van der Waals surface area contributed by atoms with Gasteiger partial charge in [0.2, 0.25) is 0 Å². The van der Waals surface area contributed by atoms with Gasteiger partial charge in [-0.05, 0) is 61.7 Å². The van der Waals surface area contributed by atoms with Gasteiger partial charge in [0.25, 0.3) is 11.8 Å². The Bertz CT molecular complexity index is 1150. The average molecular weight is 462 g/mol. The maximum atomic E-state index is 12.5. The lowest BCUT2D eigenvalue weighted by molar-refractivity contribution is -0.124. The van der Waals surface area contributed by atoms with Crippen molar-refractivity contribution in [3.63, 3.8) is 0 Å². The minimum atomic E-state index is -0.319. The van der Waals surface area contributed by atoms with Crippen molar-refractivity contribution >= 4 is 28.3 Å². The molecule has 0 saturated carbocycles. The van der Waals surface area contributed by atoms with Gasteiger partial charge in [-0.15, -0.1) is 0 Å². The summed E-state index contributed by atoms with van der Waals surface area (Å²) in [4.78, 5) is 24.7. The smallest absolute Gasteiger partial charge is 0.258 e. The predicted molar refractivity (Wildman–Crippen MR) is 138 cm³/mol. The van der Waals surface area contributed by atoms with Crippen LogP contribution in [0.1, 0.15) is 50.5 Å². The Hall–Kier alpha value is -3.54. The number of carbonyl (C=O) groups excluding carboxylic acids is 2. The molecule has 3 aromatic rings. The molecule has 0 aliphatic rings. The molecule has 0 atom stereocenters. The van der Waals surface area contributed by atoms with Crippen molar-refractivity contribution < 1.29 is 14.3 Å². The summed E-state index contributed by atoms with van der Waals surface area (Å²) in [6.07, 6.45) is 0. The monoisotopic (exact) mass is 461 g/mol. The van der Waals surface area contributed by atoms with Crippen LogP contribution in [0.3, 0.4) is 0 Å². The van der Waals surface area contributed by atoms with E-state index in [-0.39, 0.29) is 24.0 Å². The molecule has 0 fully saturated rings. The van der Waals surface area contributed by atoms with E-state index in [2.05, 4.69) is 35.9 Å². The van der Waals surface area contributed by atoms with E-state index >= 15 is 0 Å². The number of carbonyl (C=O) groups is 2. The summed E-state index contributed by atoms with van der Waals surface area (Å²) in [5, 5.41) is 11.4.